The molecule has 0 fully saturated rings. The van der Waals surface area contributed by atoms with Crippen LogP contribution >= 0.6 is 23.4 Å². The minimum atomic E-state index is -0.498. The zero-order chi connectivity index (χ0) is 23.7. The number of carbonyl (C=O) groups excluding carboxylic acids is 1. The number of aromatic nitrogens is 1. The van der Waals surface area contributed by atoms with Crippen molar-refractivity contribution in [1.82, 2.24) is 9.99 Å². The number of nitrogens with one attached hydrogen (secondary N) is 1. The van der Waals surface area contributed by atoms with E-state index in [-0.39, 0.29) is 11.4 Å². The van der Waals surface area contributed by atoms with E-state index in [9.17, 15) is 4.79 Å². The molecule has 7 nitrogen and oxygen atoms in total. The van der Waals surface area contributed by atoms with Crippen molar-refractivity contribution in [3.05, 3.63) is 99.8 Å². The molecule has 0 spiro atoms. The first-order valence-corrected chi connectivity index (χ1v) is 11.6. The van der Waals surface area contributed by atoms with Crippen LogP contribution in [0.4, 0.5) is 0 Å². The smallest absolute Gasteiger partial charge is 0.283 e. The second-order valence-corrected chi connectivity index (χ2v) is 8.94. The molecule has 2 aromatic carbocycles. The van der Waals surface area contributed by atoms with Crippen molar-refractivity contribution >= 4 is 51.4 Å². The van der Waals surface area contributed by atoms with Crippen LogP contribution in [0.5, 0.6) is 5.75 Å². The van der Waals surface area contributed by atoms with E-state index in [4.69, 9.17) is 21.7 Å². The molecule has 1 N–H and O–H groups in total. The molecule has 0 saturated carbocycles. The minimum Gasteiger partial charge on any atom is -0.487 e. The zero-order valence-corrected chi connectivity index (χ0v) is 19.6. The summed E-state index contributed by atoms with van der Waals surface area (Å²) in [6.45, 7) is 2.43. The van der Waals surface area contributed by atoms with E-state index >= 15 is 0 Å². The Morgan fingerprint density at radius 1 is 1.18 bits per heavy atom. The van der Waals surface area contributed by atoms with E-state index in [2.05, 4.69) is 15.1 Å². The largest absolute Gasteiger partial charge is 0.487 e. The summed E-state index contributed by atoms with van der Waals surface area (Å²) in [7, 11) is 0. The van der Waals surface area contributed by atoms with Crippen molar-refractivity contribution in [2.24, 2.45) is 10.1 Å². The van der Waals surface area contributed by atoms with Crippen LogP contribution in [0, 0.1) is 12.3 Å². The molecule has 3 heterocycles. The summed E-state index contributed by atoms with van der Waals surface area (Å²) in [5.74, 6) is -0.00106. The lowest BCUT2D eigenvalue weighted by Crippen LogP contribution is -2.35. The number of rotatable bonds is 5. The fraction of sp³-hybridized carbons (Fsp3) is 0.0800. The van der Waals surface area contributed by atoms with E-state index in [0.717, 1.165) is 16.7 Å². The Bertz CT molecular complexity index is 1400. The molecular formula is C25H18ClN5O2S. The van der Waals surface area contributed by atoms with Crippen LogP contribution in [0.3, 0.4) is 0 Å². The van der Waals surface area contributed by atoms with Gasteiger partial charge in [-0.2, -0.15) is 15.1 Å². The van der Waals surface area contributed by atoms with Gasteiger partial charge in [0.1, 0.15) is 17.4 Å². The summed E-state index contributed by atoms with van der Waals surface area (Å²) in [6.07, 6.45) is 4.94. The number of aryl methyl sites for hydroxylation is 1. The van der Waals surface area contributed by atoms with Gasteiger partial charge in [-0.05, 0) is 65.7 Å². The third-order valence-corrected chi connectivity index (χ3v) is 6.53. The molecule has 0 aliphatic carbocycles. The Morgan fingerprint density at radius 2 is 2.03 bits per heavy atom. The molecule has 5 rings (SSSR count). The van der Waals surface area contributed by atoms with Gasteiger partial charge in [-0.25, -0.2) is 0 Å². The highest BCUT2D eigenvalue weighted by molar-refractivity contribution is 8.27. The molecule has 2 aliphatic rings. The number of amides is 1. The van der Waals surface area contributed by atoms with E-state index in [1.165, 1.54) is 16.8 Å². The van der Waals surface area contributed by atoms with Crippen LogP contribution in [-0.4, -0.2) is 31.9 Å². The number of amidine groups is 2. The molecule has 0 radical (unpaired) electrons. The zero-order valence-electron chi connectivity index (χ0n) is 18.0. The summed E-state index contributed by atoms with van der Waals surface area (Å²) in [5, 5.41) is 15.8. The van der Waals surface area contributed by atoms with Gasteiger partial charge in [0.25, 0.3) is 5.91 Å². The number of hydrogen-bond acceptors (Lipinski definition) is 6. The van der Waals surface area contributed by atoms with E-state index in [1.807, 2.05) is 37.3 Å². The van der Waals surface area contributed by atoms with Crippen LogP contribution < -0.4 is 4.74 Å². The monoisotopic (exact) mass is 487 g/mol. The third-order valence-electron chi connectivity index (χ3n) is 5.27. The van der Waals surface area contributed by atoms with Gasteiger partial charge < -0.3 is 4.74 Å². The highest BCUT2D eigenvalue weighted by Crippen LogP contribution is 2.32. The van der Waals surface area contributed by atoms with Gasteiger partial charge in [0.05, 0.1) is 10.6 Å². The molecule has 1 aromatic heterocycles. The average molecular weight is 488 g/mol. The van der Waals surface area contributed by atoms with Crippen LogP contribution in [0.2, 0.25) is 5.02 Å². The van der Waals surface area contributed by atoms with Crippen molar-refractivity contribution in [3.8, 4) is 5.75 Å². The second-order valence-electron chi connectivity index (χ2n) is 7.57. The van der Waals surface area contributed by atoms with Crippen molar-refractivity contribution in [2.75, 3.05) is 0 Å². The molecular weight excluding hydrogens is 470 g/mol. The number of halogens is 1. The number of benzene rings is 2. The standard InChI is InChI=1S/C25H18ClN5O2S/c1-15-5-2-3-6-18(15)14-33-21-9-8-16(12-20(21)26)11-19-22(27)31-25(29-23(19)32)34-24(30-31)17-7-4-10-28-13-17/h2-13,27H,14H2,1H3. The topological polar surface area (TPSA) is 91.0 Å². The first-order chi connectivity index (χ1) is 16.5. The second kappa shape index (κ2) is 9.24. The SMILES string of the molecule is Cc1ccccc1COc1ccc(C=C2C(=N)N3N=C(c4cccnc4)SC3=NC2=O)cc1Cl. The highest BCUT2D eigenvalue weighted by atomic mass is 35.5. The minimum absolute atomic E-state index is 0.0441. The third kappa shape index (κ3) is 4.37. The van der Waals surface area contributed by atoms with Crippen LogP contribution in [0.15, 0.2) is 82.7 Å². The fourth-order valence-electron chi connectivity index (χ4n) is 3.42. The van der Waals surface area contributed by atoms with Gasteiger partial charge >= 0.3 is 0 Å². The number of carbonyl (C=O) groups is 1. The number of fused-ring (bicyclic) bond motifs is 1. The number of hydrogen-bond donors (Lipinski definition) is 1. The molecule has 0 bridgehead atoms. The van der Waals surface area contributed by atoms with Gasteiger partial charge in [0.15, 0.2) is 5.84 Å². The Morgan fingerprint density at radius 3 is 2.79 bits per heavy atom. The molecule has 0 atom stereocenters. The van der Waals surface area contributed by atoms with E-state index in [0.29, 0.717) is 33.2 Å². The van der Waals surface area contributed by atoms with Crippen LogP contribution in [0.1, 0.15) is 22.3 Å². The summed E-state index contributed by atoms with van der Waals surface area (Å²) in [6, 6.07) is 16.9. The van der Waals surface area contributed by atoms with Crippen molar-refractivity contribution < 1.29 is 9.53 Å². The Labute approximate surface area is 205 Å². The lowest BCUT2D eigenvalue weighted by molar-refractivity contribution is -0.114. The number of hydrazone groups is 1. The maximum absolute atomic E-state index is 12.7. The average Bonchev–Trinajstić information content (AvgIpc) is 3.27. The van der Waals surface area contributed by atoms with Gasteiger partial charge in [0.2, 0.25) is 5.17 Å². The number of nitrogens with zero attached hydrogens (tertiary/aromatic N) is 4. The Hall–Kier alpha value is -3.75. The molecule has 34 heavy (non-hydrogen) atoms. The van der Waals surface area contributed by atoms with Crippen molar-refractivity contribution in [3.63, 3.8) is 0 Å². The number of pyridine rings is 1. The number of thioether (sulfide) groups is 1. The molecule has 9 heteroatoms. The summed E-state index contributed by atoms with van der Waals surface area (Å²) in [5.41, 5.74) is 3.80. The Balaban J connectivity index is 1.36. The predicted molar refractivity (Wildman–Crippen MR) is 135 cm³/mol. The molecule has 168 valence electrons. The van der Waals surface area contributed by atoms with Crippen molar-refractivity contribution in [1.29, 1.82) is 5.41 Å². The molecule has 1 amide bonds. The summed E-state index contributed by atoms with van der Waals surface area (Å²) >= 11 is 7.67. The maximum Gasteiger partial charge on any atom is 0.283 e. The van der Waals surface area contributed by atoms with Crippen LogP contribution in [0.25, 0.3) is 6.08 Å². The lowest BCUT2D eigenvalue weighted by atomic mass is 10.1. The number of ether oxygens (including phenoxy) is 1. The molecule has 0 unspecified atom stereocenters. The number of aliphatic imine (C=N–C) groups is 1. The van der Waals surface area contributed by atoms with Gasteiger partial charge in [-0.3, -0.25) is 15.2 Å². The van der Waals surface area contributed by atoms with Crippen LogP contribution in [-0.2, 0) is 11.4 Å². The quantitative estimate of drug-likeness (QED) is 0.494. The molecule has 0 saturated heterocycles. The first kappa shape index (κ1) is 22.1. The van der Waals surface area contributed by atoms with Gasteiger partial charge in [0, 0.05) is 18.0 Å². The lowest BCUT2D eigenvalue weighted by Gasteiger charge is -2.20. The van der Waals surface area contributed by atoms with E-state index in [1.54, 1.807) is 42.7 Å². The molecule has 3 aromatic rings. The first-order valence-electron chi connectivity index (χ1n) is 10.4. The fourth-order valence-corrected chi connectivity index (χ4v) is 4.54. The van der Waals surface area contributed by atoms with E-state index < -0.39 is 5.91 Å². The van der Waals surface area contributed by atoms with Crippen molar-refractivity contribution in [2.45, 2.75) is 13.5 Å². The van der Waals surface area contributed by atoms with Gasteiger partial charge in [-0.15, -0.1) is 0 Å². The summed E-state index contributed by atoms with van der Waals surface area (Å²) < 4.78 is 5.88. The normalized spacial score (nSPS) is 16.4. The summed E-state index contributed by atoms with van der Waals surface area (Å²) in [4.78, 5) is 20.9. The predicted octanol–water partition coefficient (Wildman–Crippen LogP) is 5.29. The highest BCUT2D eigenvalue weighted by Gasteiger charge is 2.36. The molecule has 2 aliphatic heterocycles. The Kier molecular flexibility index (Phi) is 6.00. The van der Waals surface area contributed by atoms with Gasteiger partial charge in [-0.1, -0.05) is 41.9 Å². The maximum atomic E-state index is 12.7.